The molecule has 1 unspecified atom stereocenters. The van der Waals surface area contributed by atoms with Crippen LogP contribution in [0, 0.1) is 5.92 Å². The number of hydrogen-bond acceptors (Lipinski definition) is 4. The molecule has 31 heavy (non-hydrogen) atoms. The van der Waals surface area contributed by atoms with Gasteiger partial charge in [-0.3, -0.25) is 9.88 Å². The second kappa shape index (κ2) is 10.4. The molecule has 0 amide bonds. The molecular weight excluding hydrogens is 382 g/mol. The molecule has 1 aliphatic heterocycles. The number of nitrogens with zero attached hydrogens (tertiary/aromatic N) is 4. The van der Waals surface area contributed by atoms with E-state index in [0.29, 0.717) is 12.0 Å². The average molecular weight is 420 g/mol. The lowest BCUT2D eigenvalue weighted by atomic mass is 9.91. The molecule has 0 radical (unpaired) electrons. The van der Waals surface area contributed by atoms with Crippen molar-refractivity contribution in [3.8, 4) is 0 Å². The Bertz CT molecular complexity index is 999. The molecule has 0 bridgehead atoms. The van der Waals surface area contributed by atoms with Gasteiger partial charge in [0.2, 0.25) is 0 Å². The van der Waals surface area contributed by atoms with E-state index in [-0.39, 0.29) is 0 Å². The molecule has 2 aromatic rings. The molecule has 3 heterocycles. The largest absolute Gasteiger partial charge is 0.327 e. The van der Waals surface area contributed by atoms with Crippen LogP contribution in [0.2, 0.25) is 0 Å². The van der Waals surface area contributed by atoms with Crippen LogP contribution in [0.4, 0.5) is 0 Å². The second-order valence-electron chi connectivity index (χ2n) is 8.99. The summed E-state index contributed by atoms with van der Waals surface area (Å²) in [5.41, 5.74) is 2.67. The predicted octanol–water partition coefficient (Wildman–Crippen LogP) is 2.94. The van der Waals surface area contributed by atoms with E-state index in [9.17, 15) is 0 Å². The van der Waals surface area contributed by atoms with Crippen LogP contribution in [0.5, 0.6) is 0 Å². The number of aromatic nitrogens is 3. The third-order valence-electron chi connectivity index (χ3n) is 6.85. The van der Waals surface area contributed by atoms with Crippen molar-refractivity contribution < 1.29 is 0 Å². The molecule has 2 aromatic heterocycles. The van der Waals surface area contributed by atoms with Crippen LogP contribution >= 0.6 is 0 Å². The fourth-order valence-electron chi connectivity index (χ4n) is 5.15. The zero-order valence-electron chi connectivity index (χ0n) is 19.2. The van der Waals surface area contributed by atoms with Crippen molar-refractivity contribution in [2.24, 2.45) is 5.92 Å². The Morgan fingerprint density at radius 3 is 2.90 bits per heavy atom. The number of nitrogens with one attached hydrogen (secondary N) is 1. The number of aryl methyl sites for hydroxylation is 1. The minimum atomic E-state index is 0.364. The summed E-state index contributed by atoms with van der Waals surface area (Å²) in [7, 11) is 2.24. The zero-order chi connectivity index (χ0) is 21.6. The molecule has 5 heteroatoms. The van der Waals surface area contributed by atoms with Gasteiger partial charge < -0.3 is 9.88 Å². The van der Waals surface area contributed by atoms with Crippen LogP contribution in [0.3, 0.4) is 0 Å². The van der Waals surface area contributed by atoms with Crippen LogP contribution in [0.25, 0.3) is 12.2 Å². The highest BCUT2D eigenvalue weighted by atomic mass is 15.2. The quantitative estimate of drug-likeness (QED) is 0.701. The first-order valence-electron chi connectivity index (χ1n) is 11.9. The van der Waals surface area contributed by atoms with Crippen LogP contribution in [0.15, 0.2) is 31.0 Å². The first-order chi connectivity index (χ1) is 15.2. The Hall–Kier alpha value is -2.24. The van der Waals surface area contributed by atoms with Crippen molar-refractivity contribution in [3.63, 3.8) is 0 Å². The van der Waals surface area contributed by atoms with Gasteiger partial charge in [0, 0.05) is 12.7 Å². The van der Waals surface area contributed by atoms with Gasteiger partial charge in [0.25, 0.3) is 0 Å². The molecule has 1 aliphatic carbocycles. The van der Waals surface area contributed by atoms with Crippen LogP contribution in [0.1, 0.15) is 62.2 Å². The molecule has 1 saturated heterocycles. The molecule has 1 N–H and O–H groups in total. The summed E-state index contributed by atoms with van der Waals surface area (Å²) in [4.78, 5) is 12.3. The number of fused-ring (bicyclic) bond motifs is 1. The summed E-state index contributed by atoms with van der Waals surface area (Å²) < 4.78 is 2.49. The lowest BCUT2D eigenvalue weighted by Gasteiger charge is -2.32. The van der Waals surface area contributed by atoms with E-state index in [1.807, 2.05) is 12.3 Å². The summed E-state index contributed by atoms with van der Waals surface area (Å²) in [5, 5.41) is 5.85. The van der Waals surface area contributed by atoms with Crippen molar-refractivity contribution >= 4 is 12.2 Å². The first-order valence-corrected chi connectivity index (χ1v) is 11.9. The molecule has 5 nitrogen and oxygen atoms in total. The minimum absolute atomic E-state index is 0.364. The molecule has 1 fully saturated rings. The van der Waals surface area contributed by atoms with Crippen LogP contribution < -0.4 is 16.0 Å². The molecule has 2 aliphatic rings. The normalized spacial score (nSPS) is 20.9. The number of imidazole rings is 1. The average Bonchev–Trinajstić information content (AvgIpc) is 3.13. The van der Waals surface area contributed by atoms with Gasteiger partial charge in [-0.2, -0.15) is 0 Å². The Kier molecular flexibility index (Phi) is 7.36. The van der Waals surface area contributed by atoms with E-state index in [0.717, 1.165) is 50.8 Å². The topological polar surface area (TPSA) is 46.0 Å². The van der Waals surface area contributed by atoms with Crippen LogP contribution in [-0.2, 0) is 19.5 Å². The highest BCUT2D eigenvalue weighted by Crippen LogP contribution is 2.32. The minimum Gasteiger partial charge on any atom is -0.327 e. The molecule has 4 rings (SSSR count). The standard InChI is InChI=1S/C26H37N5/c1-4-6-11-23-22(5-2)29-25(31(23)18-20-13-16-27-17-14-20)19-30(3)24-12-7-9-21-10-8-15-28-26(21)24/h4-5,8,10-11,15,20,24,27H,1,6-7,9,12-14,16-19H2,2-3H3/b22-5+,23-11+. The molecular formula is C26H37N5. The monoisotopic (exact) mass is 419 g/mol. The lowest BCUT2D eigenvalue weighted by molar-refractivity contribution is 0.199. The number of rotatable bonds is 7. The first kappa shape index (κ1) is 22.0. The van der Waals surface area contributed by atoms with Crippen molar-refractivity contribution in [2.45, 2.75) is 64.6 Å². The summed E-state index contributed by atoms with van der Waals surface area (Å²) in [5.74, 6) is 1.88. The van der Waals surface area contributed by atoms with Gasteiger partial charge in [-0.25, -0.2) is 4.98 Å². The Labute approximate surface area is 186 Å². The third kappa shape index (κ3) is 4.99. The summed E-state index contributed by atoms with van der Waals surface area (Å²) in [6.45, 7) is 10.2. The number of hydrogen-bond donors (Lipinski definition) is 1. The zero-order valence-corrected chi connectivity index (χ0v) is 19.2. The maximum Gasteiger partial charge on any atom is 0.124 e. The summed E-state index contributed by atoms with van der Waals surface area (Å²) in [6, 6.07) is 4.67. The number of pyridine rings is 1. The molecule has 166 valence electrons. The molecule has 0 aromatic carbocycles. The SMILES string of the molecule is C=CC/C=c1\c(=C/C)nc(CN(C)C2CCCc3cccnc32)n1CC1CCNCC1. The highest BCUT2D eigenvalue weighted by molar-refractivity contribution is 5.28. The Balaban J connectivity index is 1.65. The van der Waals surface area contributed by atoms with E-state index < -0.39 is 0 Å². The smallest absolute Gasteiger partial charge is 0.124 e. The fourth-order valence-corrected chi connectivity index (χ4v) is 5.15. The second-order valence-corrected chi connectivity index (χ2v) is 8.99. The molecule has 1 atom stereocenters. The fraction of sp³-hybridized carbons (Fsp3) is 0.538. The van der Waals surface area contributed by atoms with E-state index >= 15 is 0 Å². The third-order valence-corrected chi connectivity index (χ3v) is 6.85. The van der Waals surface area contributed by atoms with Crippen molar-refractivity contribution in [1.29, 1.82) is 0 Å². The van der Waals surface area contributed by atoms with Gasteiger partial charge >= 0.3 is 0 Å². The number of piperidine rings is 1. The Morgan fingerprint density at radius 2 is 2.13 bits per heavy atom. The maximum absolute atomic E-state index is 5.10. The van der Waals surface area contributed by atoms with Gasteiger partial charge in [0.05, 0.1) is 29.0 Å². The van der Waals surface area contributed by atoms with E-state index in [1.54, 1.807) is 0 Å². The molecule has 0 saturated carbocycles. The lowest BCUT2D eigenvalue weighted by Crippen LogP contribution is -2.36. The highest BCUT2D eigenvalue weighted by Gasteiger charge is 2.26. The van der Waals surface area contributed by atoms with Gasteiger partial charge in [0.15, 0.2) is 0 Å². The van der Waals surface area contributed by atoms with E-state index in [1.165, 1.54) is 41.7 Å². The number of allylic oxidation sites excluding steroid dienone is 1. The van der Waals surface area contributed by atoms with Gasteiger partial charge in [-0.1, -0.05) is 24.3 Å². The summed E-state index contributed by atoms with van der Waals surface area (Å²) in [6.07, 6.45) is 15.2. The predicted molar refractivity (Wildman–Crippen MR) is 128 cm³/mol. The summed E-state index contributed by atoms with van der Waals surface area (Å²) >= 11 is 0. The van der Waals surface area contributed by atoms with Gasteiger partial charge in [-0.05, 0) is 83.1 Å². The van der Waals surface area contributed by atoms with Gasteiger partial charge in [-0.15, -0.1) is 6.58 Å². The van der Waals surface area contributed by atoms with E-state index in [4.69, 9.17) is 9.97 Å². The van der Waals surface area contributed by atoms with E-state index in [2.05, 4.69) is 59.6 Å². The maximum atomic E-state index is 5.10. The van der Waals surface area contributed by atoms with Crippen LogP contribution in [-0.4, -0.2) is 39.6 Å². The van der Waals surface area contributed by atoms with Crippen molar-refractivity contribution in [3.05, 3.63) is 58.8 Å². The Morgan fingerprint density at radius 1 is 1.29 bits per heavy atom. The van der Waals surface area contributed by atoms with Crippen molar-refractivity contribution in [2.75, 3.05) is 20.1 Å². The molecule has 0 spiro atoms. The van der Waals surface area contributed by atoms with Crippen molar-refractivity contribution in [1.82, 2.24) is 24.8 Å². The van der Waals surface area contributed by atoms with Gasteiger partial charge in [0.1, 0.15) is 5.82 Å².